The normalized spacial score (nSPS) is 13.7. The van der Waals surface area contributed by atoms with Gasteiger partial charge in [0.2, 0.25) is 11.6 Å². The second-order valence-corrected chi connectivity index (χ2v) is 13.8. The summed E-state index contributed by atoms with van der Waals surface area (Å²) in [6.07, 6.45) is -54.8. The molecule has 0 saturated heterocycles. The Labute approximate surface area is 346 Å². The highest BCUT2D eigenvalue weighted by atomic mass is 19.4. The van der Waals surface area contributed by atoms with Gasteiger partial charge in [-0.15, -0.1) is 0 Å². The van der Waals surface area contributed by atoms with Crippen molar-refractivity contribution in [3.8, 4) is 0 Å². The van der Waals surface area contributed by atoms with Crippen molar-refractivity contribution in [1.82, 2.24) is 0 Å². The number of rotatable bonds is 4. The van der Waals surface area contributed by atoms with E-state index in [2.05, 4.69) is 4.98 Å². The number of aromatic nitrogens is 1. The standard InChI is InChI=1S/C32H12BF24.C5H7N3/c34-25(35,36)13-1-14(26(37,38)39)6-21(5-13)33(22-7-15(27(40,41)42)2-16(8-22)28(43,44)45,23-9-17(29(46,47)48)3-18(10-23)30(49,50)51)24-11-19(31(52,53)54)4-20(12-24)32(55,56)57;6-4-2-1-3-5(7)8-4/h1-12H;1-3H,(H4,6,7,8)/q-1;/p+1. The maximum Gasteiger partial charge on any atom is 0.416 e. The molecule has 3 nitrogen and oxygen atoms in total. The molecule has 0 fully saturated rings. The number of anilines is 2. The summed E-state index contributed by atoms with van der Waals surface area (Å²) in [7, 11) is 0. The average Bonchev–Trinajstić information content (AvgIpc) is 3.12. The fourth-order valence-corrected chi connectivity index (χ4v) is 6.58. The van der Waals surface area contributed by atoms with Crippen LogP contribution >= 0.6 is 0 Å². The molecule has 0 spiro atoms. The van der Waals surface area contributed by atoms with Gasteiger partial charge in [-0.3, -0.25) is 0 Å². The summed E-state index contributed by atoms with van der Waals surface area (Å²) in [5.41, 5.74) is -19.6. The van der Waals surface area contributed by atoms with E-state index in [1.54, 1.807) is 18.2 Å². The van der Waals surface area contributed by atoms with E-state index in [1.807, 2.05) is 0 Å². The summed E-state index contributed by atoms with van der Waals surface area (Å²) in [5.74, 6) is 1.18. The maximum absolute atomic E-state index is 14.2. The summed E-state index contributed by atoms with van der Waals surface area (Å²) in [5, 5.41) is 0. The van der Waals surface area contributed by atoms with E-state index in [0.717, 1.165) is 0 Å². The van der Waals surface area contributed by atoms with Gasteiger partial charge in [-0.25, -0.2) is 4.98 Å². The van der Waals surface area contributed by atoms with Crippen molar-refractivity contribution in [3.05, 3.63) is 136 Å². The molecule has 0 aliphatic carbocycles. The third kappa shape index (κ3) is 11.8. The number of nitrogens with two attached hydrogens (primary N) is 2. The zero-order valence-corrected chi connectivity index (χ0v) is 31.0. The second-order valence-electron chi connectivity index (χ2n) is 13.8. The van der Waals surface area contributed by atoms with Crippen LogP contribution in [0.5, 0.6) is 0 Å². The predicted molar refractivity (Wildman–Crippen MR) is 182 cm³/mol. The number of benzene rings is 4. The van der Waals surface area contributed by atoms with Crippen molar-refractivity contribution in [3.63, 3.8) is 0 Å². The molecule has 0 saturated carbocycles. The molecule has 4 aromatic carbocycles. The lowest BCUT2D eigenvalue weighted by Gasteiger charge is -2.46. The Morgan fingerprint density at radius 3 is 0.538 bits per heavy atom. The number of hydrogen-bond acceptors (Lipinski definition) is 2. The molecule has 0 bridgehead atoms. The van der Waals surface area contributed by atoms with E-state index in [4.69, 9.17) is 11.5 Å². The minimum absolute atomic E-state index is 0.588. The Bertz CT molecular complexity index is 2070. The molecule has 65 heavy (non-hydrogen) atoms. The maximum atomic E-state index is 14.2. The topological polar surface area (TPSA) is 66.2 Å². The van der Waals surface area contributed by atoms with Crippen LogP contribution in [0.2, 0.25) is 0 Å². The minimum atomic E-state index is -6.13. The molecule has 5 N–H and O–H groups in total. The molecule has 1 heterocycles. The number of H-pyrrole nitrogens is 1. The molecule has 5 aromatic rings. The van der Waals surface area contributed by atoms with Crippen molar-refractivity contribution < 1.29 is 110 Å². The zero-order chi connectivity index (χ0) is 49.9. The predicted octanol–water partition coefficient (Wildman–Crippen LogP) is 10.9. The number of alkyl halides is 24. The van der Waals surface area contributed by atoms with Gasteiger partial charge >= 0.3 is 49.4 Å². The number of pyridine rings is 1. The zero-order valence-electron chi connectivity index (χ0n) is 31.0. The lowest BCUT2D eigenvalue weighted by Crippen LogP contribution is -2.75. The van der Waals surface area contributed by atoms with Crippen LogP contribution in [0.1, 0.15) is 44.5 Å². The molecule has 0 aliphatic rings. The SMILES string of the molecule is FC(F)(F)c1cc([B-](c2cc(C(F)(F)F)cc(C(F)(F)F)c2)(c2cc(C(F)(F)F)cc(C(F)(F)F)c2)c2cc(C(F)(F)F)cc(C(F)(F)F)c2)cc(C(F)(F)F)c1.Nc1cccc(N)[nH+]1. The van der Waals surface area contributed by atoms with Crippen molar-refractivity contribution in [1.29, 1.82) is 0 Å². The average molecular weight is 973 g/mol. The summed E-state index contributed by atoms with van der Waals surface area (Å²) < 4.78 is 341. The van der Waals surface area contributed by atoms with Crippen LogP contribution in [0.25, 0.3) is 0 Å². The van der Waals surface area contributed by atoms with Gasteiger partial charge in [-0.05, 0) is 30.3 Å². The van der Waals surface area contributed by atoms with Crippen molar-refractivity contribution in [2.24, 2.45) is 0 Å². The van der Waals surface area contributed by atoms with Crippen LogP contribution in [-0.4, -0.2) is 6.15 Å². The van der Waals surface area contributed by atoms with E-state index in [1.165, 1.54) is 0 Å². The van der Waals surface area contributed by atoms with E-state index in [-0.39, 0.29) is 0 Å². The Hall–Kier alpha value is -5.99. The van der Waals surface area contributed by atoms with Crippen LogP contribution in [0.3, 0.4) is 0 Å². The quantitative estimate of drug-likeness (QED) is 0.139. The smallest absolute Gasteiger partial charge is 0.319 e. The first-order chi connectivity index (χ1) is 29.0. The fraction of sp³-hybridized carbons (Fsp3) is 0.216. The van der Waals surface area contributed by atoms with E-state index < -0.39 is 195 Å². The van der Waals surface area contributed by atoms with Crippen molar-refractivity contribution in [2.75, 3.05) is 11.5 Å². The summed E-state index contributed by atoms with van der Waals surface area (Å²) >= 11 is 0. The van der Waals surface area contributed by atoms with Crippen molar-refractivity contribution >= 4 is 39.6 Å². The monoisotopic (exact) mass is 973 g/mol. The highest BCUT2D eigenvalue weighted by Gasteiger charge is 2.47. The molecule has 0 radical (unpaired) electrons. The van der Waals surface area contributed by atoms with Crippen LogP contribution < -0.4 is 38.3 Å². The first-order valence-electron chi connectivity index (χ1n) is 16.9. The Kier molecular flexibility index (Phi) is 13.3. The van der Waals surface area contributed by atoms with Gasteiger partial charge in [0, 0.05) is 12.1 Å². The van der Waals surface area contributed by atoms with Gasteiger partial charge in [-0.1, -0.05) is 48.5 Å². The number of hydrogen-bond donors (Lipinski definition) is 2. The molecule has 0 unspecified atom stereocenters. The van der Waals surface area contributed by atoms with Gasteiger partial charge < -0.3 is 11.5 Å². The molecule has 1 aromatic heterocycles. The summed E-state index contributed by atoms with van der Waals surface area (Å²) in [6.45, 7) is 0. The first kappa shape index (κ1) is 51.6. The van der Waals surface area contributed by atoms with Gasteiger partial charge in [0.05, 0.1) is 44.5 Å². The van der Waals surface area contributed by atoms with Crippen LogP contribution in [0.15, 0.2) is 91.0 Å². The molecular weight excluding hydrogens is 953 g/mol. The molecular formula is C37H20BF24N3. The largest absolute Gasteiger partial charge is 0.416 e. The van der Waals surface area contributed by atoms with Crippen molar-refractivity contribution in [2.45, 2.75) is 49.4 Å². The number of aromatic amines is 1. The Morgan fingerprint density at radius 2 is 0.431 bits per heavy atom. The molecule has 354 valence electrons. The van der Waals surface area contributed by atoms with E-state index in [9.17, 15) is 105 Å². The lowest BCUT2D eigenvalue weighted by atomic mass is 9.12. The lowest BCUT2D eigenvalue weighted by molar-refractivity contribution is -0.342. The Balaban J connectivity index is 0.00000104. The number of halogens is 24. The van der Waals surface area contributed by atoms with E-state index >= 15 is 0 Å². The fourth-order valence-electron chi connectivity index (χ4n) is 6.58. The minimum Gasteiger partial charge on any atom is -0.319 e. The van der Waals surface area contributed by atoms with Gasteiger partial charge in [-0.2, -0.15) is 127 Å². The van der Waals surface area contributed by atoms with Gasteiger partial charge in [0.25, 0.3) is 0 Å². The summed E-state index contributed by atoms with van der Waals surface area (Å²) in [6, 6.07) is -3.52. The summed E-state index contributed by atoms with van der Waals surface area (Å²) in [4.78, 5) is 2.73. The molecule has 0 amide bonds. The van der Waals surface area contributed by atoms with E-state index in [0.29, 0.717) is 11.6 Å². The number of nitrogens with one attached hydrogen (secondary N) is 1. The highest BCUT2D eigenvalue weighted by molar-refractivity contribution is 7.20. The Morgan fingerprint density at radius 1 is 0.277 bits per heavy atom. The van der Waals surface area contributed by atoms with Crippen LogP contribution in [0, 0.1) is 0 Å². The molecule has 0 aliphatic heterocycles. The van der Waals surface area contributed by atoms with Crippen LogP contribution in [-0.2, 0) is 49.4 Å². The third-order valence-corrected chi connectivity index (χ3v) is 9.28. The van der Waals surface area contributed by atoms with Gasteiger partial charge in [0.15, 0.2) is 0 Å². The number of nitrogen functional groups attached to an aromatic ring is 2. The third-order valence-electron chi connectivity index (χ3n) is 9.28. The van der Waals surface area contributed by atoms with Crippen LogP contribution in [0.4, 0.5) is 117 Å². The molecule has 5 rings (SSSR count). The highest BCUT2D eigenvalue weighted by Crippen LogP contribution is 2.41. The molecule has 0 atom stereocenters. The van der Waals surface area contributed by atoms with Gasteiger partial charge in [0.1, 0.15) is 6.15 Å². The molecule has 28 heteroatoms. The first-order valence-corrected chi connectivity index (χ1v) is 16.9. The second kappa shape index (κ2) is 16.8.